The van der Waals surface area contributed by atoms with Crippen LogP contribution in [-0.2, 0) is 11.2 Å². The molecule has 1 amide bonds. The van der Waals surface area contributed by atoms with Crippen molar-refractivity contribution in [2.75, 3.05) is 13.6 Å². The zero-order chi connectivity index (χ0) is 12.1. The largest absolute Gasteiger partial charge is 0.345 e. The van der Waals surface area contributed by atoms with Gasteiger partial charge in [0, 0.05) is 30.8 Å². The predicted molar refractivity (Wildman–Crippen MR) is 67.6 cm³/mol. The number of rotatable bonds is 5. The number of aryl methyl sites for hydroxylation is 1. The lowest BCUT2D eigenvalue weighted by molar-refractivity contribution is -0.133. The molecule has 0 bridgehead atoms. The number of carbonyl (C=O) groups excluding carboxylic acids is 1. The van der Waals surface area contributed by atoms with E-state index < -0.39 is 0 Å². The van der Waals surface area contributed by atoms with Crippen molar-refractivity contribution in [3.8, 4) is 0 Å². The third-order valence-corrected chi connectivity index (χ3v) is 3.92. The summed E-state index contributed by atoms with van der Waals surface area (Å²) < 4.78 is 0. The summed E-state index contributed by atoms with van der Waals surface area (Å²) in [5.74, 6) is 0.372. The van der Waals surface area contributed by atoms with Gasteiger partial charge in [0.15, 0.2) is 0 Å². The summed E-state index contributed by atoms with van der Waals surface area (Å²) >= 11 is 1.67. The number of amides is 1. The molecule has 0 aromatic carbocycles. The second kappa shape index (κ2) is 5.99. The molecule has 1 rings (SSSR count). The van der Waals surface area contributed by atoms with Crippen LogP contribution in [0.4, 0.5) is 0 Å². The van der Waals surface area contributed by atoms with Crippen LogP contribution in [0.15, 0.2) is 5.51 Å². The van der Waals surface area contributed by atoms with E-state index >= 15 is 0 Å². The molecule has 1 atom stereocenters. The predicted octanol–water partition coefficient (Wildman–Crippen LogP) is 2.50. The highest BCUT2D eigenvalue weighted by molar-refractivity contribution is 7.09. The van der Waals surface area contributed by atoms with Crippen molar-refractivity contribution >= 4 is 17.2 Å². The number of thiazole rings is 1. The molecular formula is C12H20N2OS. The van der Waals surface area contributed by atoms with Crippen LogP contribution in [0.2, 0.25) is 0 Å². The van der Waals surface area contributed by atoms with Crippen LogP contribution in [0, 0.1) is 12.8 Å². The fourth-order valence-electron chi connectivity index (χ4n) is 1.50. The third-order valence-electron chi connectivity index (χ3n) is 2.93. The lowest BCUT2D eigenvalue weighted by Gasteiger charge is -2.20. The minimum Gasteiger partial charge on any atom is -0.345 e. The van der Waals surface area contributed by atoms with Crippen molar-refractivity contribution in [2.45, 2.75) is 33.6 Å². The van der Waals surface area contributed by atoms with Gasteiger partial charge in [0.25, 0.3) is 0 Å². The van der Waals surface area contributed by atoms with Crippen LogP contribution in [0.3, 0.4) is 0 Å². The van der Waals surface area contributed by atoms with Gasteiger partial charge in [-0.15, -0.1) is 11.3 Å². The van der Waals surface area contributed by atoms with Crippen LogP contribution in [0.25, 0.3) is 0 Å². The monoisotopic (exact) mass is 240 g/mol. The average molecular weight is 240 g/mol. The number of carbonyl (C=O) groups is 1. The number of hydrogen-bond donors (Lipinski definition) is 0. The highest BCUT2D eigenvalue weighted by atomic mass is 32.1. The molecule has 1 unspecified atom stereocenters. The molecule has 0 N–H and O–H groups in total. The lowest BCUT2D eigenvalue weighted by Crippen LogP contribution is -2.33. The van der Waals surface area contributed by atoms with Crippen molar-refractivity contribution < 1.29 is 4.79 Å². The molecular weight excluding hydrogens is 220 g/mol. The van der Waals surface area contributed by atoms with Gasteiger partial charge in [0.2, 0.25) is 5.91 Å². The normalized spacial score (nSPS) is 12.5. The van der Waals surface area contributed by atoms with Gasteiger partial charge in [-0.25, -0.2) is 4.98 Å². The van der Waals surface area contributed by atoms with Gasteiger partial charge in [-0.05, 0) is 13.3 Å². The third kappa shape index (κ3) is 3.30. The standard InChI is InChI=1S/C12H20N2OS/c1-5-9(2)12(15)14(4)7-6-11-10(3)13-8-16-11/h8-9H,5-7H2,1-4H3. The molecule has 1 aromatic rings. The zero-order valence-corrected chi connectivity index (χ0v) is 11.3. The Morgan fingerprint density at radius 2 is 2.31 bits per heavy atom. The maximum atomic E-state index is 11.8. The Bertz CT molecular complexity index is 349. The first-order chi connectivity index (χ1) is 7.56. The Morgan fingerprint density at radius 1 is 1.62 bits per heavy atom. The highest BCUT2D eigenvalue weighted by Gasteiger charge is 2.15. The molecule has 0 fully saturated rings. The van der Waals surface area contributed by atoms with Crippen molar-refractivity contribution in [3.63, 3.8) is 0 Å². The van der Waals surface area contributed by atoms with E-state index in [2.05, 4.69) is 4.98 Å². The molecule has 0 spiro atoms. The first-order valence-electron chi connectivity index (χ1n) is 5.70. The summed E-state index contributed by atoms with van der Waals surface area (Å²) in [6, 6.07) is 0. The minimum atomic E-state index is 0.132. The molecule has 0 aliphatic carbocycles. The van der Waals surface area contributed by atoms with E-state index in [0.717, 1.165) is 25.1 Å². The van der Waals surface area contributed by atoms with Crippen molar-refractivity contribution in [1.29, 1.82) is 0 Å². The number of likely N-dealkylation sites (N-methyl/N-ethyl adjacent to an activating group) is 1. The van der Waals surface area contributed by atoms with Crippen LogP contribution in [0.1, 0.15) is 30.8 Å². The van der Waals surface area contributed by atoms with Gasteiger partial charge in [-0.1, -0.05) is 13.8 Å². The molecule has 16 heavy (non-hydrogen) atoms. The maximum Gasteiger partial charge on any atom is 0.225 e. The fourth-order valence-corrected chi connectivity index (χ4v) is 2.27. The molecule has 1 heterocycles. The van der Waals surface area contributed by atoms with Crippen LogP contribution >= 0.6 is 11.3 Å². The zero-order valence-electron chi connectivity index (χ0n) is 10.5. The summed E-state index contributed by atoms with van der Waals surface area (Å²) in [5, 5.41) is 0. The summed E-state index contributed by atoms with van der Waals surface area (Å²) in [6.07, 6.45) is 1.82. The van der Waals surface area contributed by atoms with Crippen molar-refractivity contribution in [1.82, 2.24) is 9.88 Å². The smallest absolute Gasteiger partial charge is 0.225 e. The summed E-state index contributed by atoms with van der Waals surface area (Å²) in [7, 11) is 1.88. The van der Waals surface area contributed by atoms with Crippen LogP contribution in [-0.4, -0.2) is 29.4 Å². The Balaban J connectivity index is 2.44. The highest BCUT2D eigenvalue weighted by Crippen LogP contribution is 2.13. The molecule has 0 aliphatic rings. The van der Waals surface area contributed by atoms with Crippen LogP contribution < -0.4 is 0 Å². The number of aromatic nitrogens is 1. The van der Waals surface area contributed by atoms with Crippen molar-refractivity contribution in [3.05, 3.63) is 16.1 Å². The Kier molecular flexibility index (Phi) is 4.93. The molecule has 0 aliphatic heterocycles. The average Bonchev–Trinajstić information content (AvgIpc) is 2.69. The van der Waals surface area contributed by atoms with Gasteiger partial charge in [0.1, 0.15) is 0 Å². The van der Waals surface area contributed by atoms with E-state index in [1.165, 1.54) is 4.88 Å². The number of nitrogens with zero attached hydrogens (tertiary/aromatic N) is 2. The Morgan fingerprint density at radius 3 is 2.81 bits per heavy atom. The second-order valence-corrected chi connectivity index (χ2v) is 5.12. The molecule has 1 aromatic heterocycles. The second-order valence-electron chi connectivity index (χ2n) is 4.18. The van der Waals surface area contributed by atoms with E-state index in [-0.39, 0.29) is 11.8 Å². The summed E-state index contributed by atoms with van der Waals surface area (Å²) in [6.45, 7) is 6.83. The van der Waals surface area contributed by atoms with Gasteiger partial charge >= 0.3 is 0 Å². The van der Waals surface area contributed by atoms with E-state index in [9.17, 15) is 4.79 Å². The Hall–Kier alpha value is -0.900. The molecule has 0 saturated heterocycles. The van der Waals surface area contributed by atoms with Gasteiger partial charge < -0.3 is 4.90 Å². The van der Waals surface area contributed by atoms with E-state index in [1.54, 1.807) is 11.3 Å². The lowest BCUT2D eigenvalue weighted by atomic mass is 10.1. The molecule has 4 heteroatoms. The SMILES string of the molecule is CCC(C)C(=O)N(C)CCc1scnc1C. The molecule has 0 radical (unpaired) electrons. The maximum absolute atomic E-state index is 11.8. The molecule has 90 valence electrons. The Labute approximate surface area is 101 Å². The van der Waals surface area contributed by atoms with Gasteiger partial charge in [-0.2, -0.15) is 0 Å². The van der Waals surface area contributed by atoms with Crippen molar-refractivity contribution in [2.24, 2.45) is 5.92 Å². The minimum absolute atomic E-state index is 0.132. The van der Waals surface area contributed by atoms with E-state index in [1.807, 2.05) is 38.2 Å². The molecule has 3 nitrogen and oxygen atoms in total. The van der Waals surface area contributed by atoms with E-state index in [4.69, 9.17) is 0 Å². The first kappa shape index (κ1) is 13.2. The fraction of sp³-hybridized carbons (Fsp3) is 0.667. The van der Waals surface area contributed by atoms with Gasteiger partial charge in [0.05, 0.1) is 11.2 Å². The first-order valence-corrected chi connectivity index (χ1v) is 6.58. The summed E-state index contributed by atoms with van der Waals surface area (Å²) in [4.78, 5) is 19.1. The number of hydrogen-bond acceptors (Lipinski definition) is 3. The van der Waals surface area contributed by atoms with Gasteiger partial charge in [-0.3, -0.25) is 4.79 Å². The topological polar surface area (TPSA) is 33.2 Å². The molecule has 0 saturated carbocycles. The quantitative estimate of drug-likeness (QED) is 0.792. The van der Waals surface area contributed by atoms with Crippen LogP contribution in [0.5, 0.6) is 0 Å². The summed E-state index contributed by atoms with van der Waals surface area (Å²) in [5.41, 5.74) is 2.95. The van der Waals surface area contributed by atoms with E-state index in [0.29, 0.717) is 0 Å².